The Morgan fingerprint density at radius 2 is 1.44 bits per heavy atom. The molecule has 8 aromatic rings. The number of imidazole rings is 1. The van der Waals surface area contributed by atoms with Crippen molar-refractivity contribution >= 4 is 50.8 Å². The fourth-order valence-corrected chi connectivity index (χ4v) is 11.9. The Kier molecular flexibility index (Phi) is 5.17. The van der Waals surface area contributed by atoms with Crippen LogP contribution in [0.1, 0.15) is 63.7 Å². The van der Waals surface area contributed by atoms with Crippen molar-refractivity contribution < 1.29 is 19.8 Å². The van der Waals surface area contributed by atoms with Gasteiger partial charge in [-0.1, -0.05) is 118 Å². The first-order valence-corrected chi connectivity index (χ1v) is 21.2. The van der Waals surface area contributed by atoms with Crippen molar-refractivity contribution in [2.75, 3.05) is 0 Å². The molecule has 258 valence electrons. The van der Waals surface area contributed by atoms with Gasteiger partial charge in [0.05, 0.1) is 29.3 Å². The molecular weight excluding hydrogens is 669 g/mol. The average Bonchev–Trinajstić information content (AvgIpc) is 3.73. The number of hydrogen-bond acceptors (Lipinski definition) is 3. The van der Waals surface area contributed by atoms with Crippen LogP contribution in [0.5, 0.6) is 11.5 Å². The second kappa shape index (κ2) is 11.8. The van der Waals surface area contributed by atoms with E-state index in [4.69, 9.17) is 24.8 Å². The Bertz CT molecular complexity index is 3170. The van der Waals surface area contributed by atoms with Gasteiger partial charge >= 0.3 is 0 Å². The molecule has 0 N–H and O–H groups in total. The minimum atomic E-state index is -2.73. The number of nitrogens with zero attached hydrogens (tertiary/aromatic N) is 2. The first-order chi connectivity index (χ1) is 29.3. The van der Waals surface area contributed by atoms with Crippen LogP contribution in [0.25, 0.3) is 59.6 Å². The third-order valence-corrected chi connectivity index (χ3v) is 17.7. The molecule has 2 aromatic heterocycles. The van der Waals surface area contributed by atoms with Gasteiger partial charge < -0.3 is 4.74 Å². The Balaban J connectivity index is 1.36. The third kappa shape index (κ3) is 4.72. The van der Waals surface area contributed by atoms with Gasteiger partial charge in [-0.25, -0.2) is 4.98 Å². The highest BCUT2D eigenvalue weighted by Gasteiger charge is 2.47. The molecule has 0 saturated carbocycles. The van der Waals surface area contributed by atoms with E-state index in [1.165, 1.54) is 30.4 Å². The minimum Gasteiger partial charge on any atom is -0.457 e. The van der Waals surface area contributed by atoms with E-state index < -0.39 is 40.0 Å². The summed E-state index contributed by atoms with van der Waals surface area (Å²) in [5, 5.41) is 0.600. The third-order valence-electron chi connectivity index (χ3n) is 11.4. The summed E-state index contributed by atoms with van der Waals surface area (Å²) in [5.41, 5.74) is 5.22. The zero-order chi connectivity index (χ0) is 45.4. The maximum atomic E-state index is 8.96. The predicted octanol–water partition coefficient (Wildman–Crippen LogP) is 12.7. The topological polar surface area (TPSA) is 26.5 Å². The maximum absolute atomic E-state index is 8.96. The monoisotopic (exact) mass is 723 g/mol. The summed E-state index contributed by atoms with van der Waals surface area (Å²) in [4.78, 5) is 5.56. The quantitative estimate of drug-likeness (QED) is 0.169. The van der Waals surface area contributed by atoms with Crippen molar-refractivity contribution in [2.45, 2.75) is 65.8 Å². The standard InChI is InChI=1S/C47H44N2OSSi/c1-9-31-23-25-39-45(51-46-48-37-14-10-11-15-38(37)49(39)46)43(31)33-22-19-29(3)35(27-33)34-26-32(21-18-28(34)2)42-30(4)20-24-36-44(42)50-40-16-12-13-17-41(40)52(7,8)47(36,5)6/h10-27H,9H2,1-8H3/i2D3,3D3,4D3,9D2. The van der Waals surface area contributed by atoms with Crippen LogP contribution >= 0.6 is 11.3 Å². The van der Waals surface area contributed by atoms with Crippen LogP contribution in [0.2, 0.25) is 13.1 Å². The zero-order valence-corrected chi connectivity index (χ0v) is 31.4. The first-order valence-electron chi connectivity index (χ1n) is 22.9. The number of hydrogen-bond donors (Lipinski definition) is 0. The molecule has 3 nitrogen and oxygen atoms in total. The molecule has 52 heavy (non-hydrogen) atoms. The van der Waals surface area contributed by atoms with Gasteiger partial charge in [-0.05, 0) is 124 Å². The molecule has 0 fully saturated rings. The number of para-hydroxylation sites is 3. The fraction of sp³-hybridized carbons (Fsp3) is 0.213. The zero-order valence-electron chi connectivity index (χ0n) is 40.6. The number of ether oxygens (including phenoxy) is 1. The van der Waals surface area contributed by atoms with Gasteiger partial charge in [-0.3, -0.25) is 4.40 Å². The van der Waals surface area contributed by atoms with Crippen LogP contribution < -0.4 is 9.92 Å². The van der Waals surface area contributed by atoms with E-state index in [0.29, 0.717) is 38.7 Å². The molecule has 1 aliphatic heterocycles. The fourth-order valence-electron chi connectivity index (χ4n) is 7.91. The molecule has 0 atom stereocenters. The smallest absolute Gasteiger partial charge is 0.195 e. The summed E-state index contributed by atoms with van der Waals surface area (Å²) in [6.07, 6.45) is -1.84. The van der Waals surface area contributed by atoms with Crippen LogP contribution in [0.15, 0.2) is 109 Å². The Labute approximate surface area is 327 Å². The van der Waals surface area contributed by atoms with E-state index in [2.05, 4.69) is 33.0 Å². The van der Waals surface area contributed by atoms with Crippen molar-refractivity contribution in [1.29, 1.82) is 0 Å². The van der Waals surface area contributed by atoms with E-state index in [0.717, 1.165) is 32.0 Å². The number of rotatable bonds is 4. The van der Waals surface area contributed by atoms with Crippen molar-refractivity contribution in [1.82, 2.24) is 9.38 Å². The largest absolute Gasteiger partial charge is 0.457 e. The van der Waals surface area contributed by atoms with Gasteiger partial charge in [0.2, 0.25) is 0 Å². The maximum Gasteiger partial charge on any atom is 0.195 e. The summed E-state index contributed by atoms with van der Waals surface area (Å²) in [6, 6.07) is 32.0. The SMILES string of the molecule is [2H]C([2H])([2H])c1ccc(-c2c(C([2H])([2H])[2H])ccc3c2Oc2ccccc2[Si](C)(C)C3(C)C)cc1-c1cc(-c2c(C([2H])([2H])C)ccc3c2sc2nc4ccccc4n23)ccc1C([2H])([2H])[2H]. The Morgan fingerprint density at radius 3 is 2.17 bits per heavy atom. The lowest BCUT2D eigenvalue weighted by Gasteiger charge is -2.39. The molecule has 0 spiro atoms. The molecule has 0 aliphatic carbocycles. The van der Waals surface area contributed by atoms with Crippen LogP contribution in [0, 0.1) is 20.6 Å². The van der Waals surface area contributed by atoms with Crippen molar-refractivity contribution in [3.63, 3.8) is 0 Å². The van der Waals surface area contributed by atoms with Crippen LogP contribution in [0.3, 0.4) is 0 Å². The molecule has 5 heteroatoms. The molecule has 0 bridgehead atoms. The molecule has 3 heterocycles. The molecule has 1 aliphatic rings. The lowest BCUT2D eigenvalue weighted by atomic mass is 9.87. The van der Waals surface area contributed by atoms with Gasteiger partial charge in [0.15, 0.2) is 4.96 Å². The molecule has 9 rings (SSSR count). The van der Waals surface area contributed by atoms with E-state index in [1.54, 1.807) is 36.4 Å². The molecule has 6 aromatic carbocycles. The highest BCUT2D eigenvalue weighted by Crippen LogP contribution is 2.50. The number of aromatic nitrogens is 2. The lowest BCUT2D eigenvalue weighted by molar-refractivity contribution is 0.478. The summed E-state index contributed by atoms with van der Waals surface area (Å²) >= 11 is 1.39. The van der Waals surface area contributed by atoms with Gasteiger partial charge in [0.1, 0.15) is 11.5 Å². The van der Waals surface area contributed by atoms with E-state index >= 15 is 0 Å². The molecular formula is C47H44N2OSSi. The van der Waals surface area contributed by atoms with Crippen molar-refractivity contribution in [3.8, 4) is 44.9 Å². The second-order valence-corrected chi connectivity index (χ2v) is 20.7. The van der Waals surface area contributed by atoms with Crippen molar-refractivity contribution in [2.24, 2.45) is 0 Å². The van der Waals surface area contributed by atoms with Gasteiger partial charge in [-0.15, -0.1) is 0 Å². The summed E-state index contributed by atoms with van der Waals surface area (Å²) in [5.74, 6) is 0.977. The van der Waals surface area contributed by atoms with Crippen LogP contribution in [-0.2, 0) is 11.4 Å². The van der Waals surface area contributed by atoms with Gasteiger partial charge in [-0.2, -0.15) is 0 Å². The van der Waals surface area contributed by atoms with Crippen LogP contribution in [-0.4, -0.2) is 17.5 Å². The lowest BCUT2D eigenvalue weighted by Crippen LogP contribution is -2.56. The number of benzene rings is 6. The average molecular weight is 724 g/mol. The second-order valence-electron chi connectivity index (χ2n) is 14.6. The molecule has 0 radical (unpaired) electrons. The molecule has 0 saturated heterocycles. The predicted molar refractivity (Wildman–Crippen MR) is 225 cm³/mol. The Morgan fingerprint density at radius 1 is 0.769 bits per heavy atom. The Hall–Kier alpha value is -4.97. The van der Waals surface area contributed by atoms with E-state index in [9.17, 15) is 0 Å². The van der Waals surface area contributed by atoms with Crippen molar-refractivity contribution in [3.05, 3.63) is 137 Å². The van der Waals surface area contributed by atoms with Gasteiger partial charge in [0.25, 0.3) is 0 Å². The summed E-state index contributed by atoms with van der Waals surface area (Å²) < 4.78 is 106. The number of fused-ring (bicyclic) bond motifs is 7. The van der Waals surface area contributed by atoms with Crippen LogP contribution in [0.4, 0.5) is 0 Å². The summed E-state index contributed by atoms with van der Waals surface area (Å²) in [7, 11) is -2.38. The highest BCUT2D eigenvalue weighted by atomic mass is 32.1. The van der Waals surface area contributed by atoms with E-state index in [-0.39, 0.29) is 33.4 Å². The normalized spacial score (nSPS) is 18.8. The molecule has 0 amide bonds. The number of aryl methyl sites for hydroxylation is 4. The highest BCUT2D eigenvalue weighted by molar-refractivity contribution is 7.24. The first kappa shape index (κ1) is 22.9. The van der Waals surface area contributed by atoms with Gasteiger partial charge in [0, 0.05) is 26.2 Å². The van der Waals surface area contributed by atoms with E-state index in [1.807, 2.05) is 59.0 Å². The number of thiazole rings is 1. The minimum absolute atomic E-state index is 0.00464. The summed E-state index contributed by atoms with van der Waals surface area (Å²) in [6.45, 7) is 2.24. The molecule has 0 unspecified atom stereocenters.